The van der Waals surface area contributed by atoms with E-state index in [-0.39, 0.29) is 11.5 Å². The minimum absolute atomic E-state index is 0.146. The van der Waals surface area contributed by atoms with Crippen LogP contribution < -0.4 is 5.56 Å². The number of fused-ring (bicyclic) bond motifs is 2. The second-order valence-corrected chi connectivity index (χ2v) is 6.94. The molecule has 0 aliphatic heterocycles. The van der Waals surface area contributed by atoms with Crippen LogP contribution in [-0.2, 0) is 9.47 Å². The Morgan fingerprint density at radius 2 is 1.96 bits per heavy atom. The molecule has 8 heteroatoms. The molecule has 3 rings (SSSR count). The maximum atomic E-state index is 12.9. The third-order valence-corrected chi connectivity index (χ3v) is 5.18. The lowest BCUT2D eigenvalue weighted by molar-refractivity contribution is 0.0632. The Hall–Kier alpha value is -2.29. The molecule has 3 heterocycles. The van der Waals surface area contributed by atoms with Crippen molar-refractivity contribution < 1.29 is 14.3 Å². The number of hydrogen-bond donors (Lipinski definition) is 0. The summed E-state index contributed by atoms with van der Waals surface area (Å²) < 4.78 is 11.7. The summed E-state index contributed by atoms with van der Waals surface area (Å²) in [4.78, 5) is 33.0. The van der Waals surface area contributed by atoms with E-state index < -0.39 is 0 Å². The molecule has 138 valence electrons. The average molecular weight is 375 g/mol. The first kappa shape index (κ1) is 18.5. The Morgan fingerprint density at radius 3 is 2.62 bits per heavy atom. The zero-order valence-electron chi connectivity index (χ0n) is 15.0. The summed E-state index contributed by atoms with van der Waals surface area (Å²) in [6, 6.07) is 5.36. The summed E-state index contributed by atoms with van der Waals surface area (Å²) >= 11 is 1.24. The zero-order valence-corrected chi connectivity index (χ0v) is 15.8. The summed E-state index contributed by atoms with van der Waals surface area (Å²) in [5.41, 5.74) is 1.36. The van der Waals surface area contributed by atoms with Gasteiger partial charge in [0.1, 0.15) is 10.5 Å². The van der Waals surface area contributed by atoms with E-state index in [0.29, 0.717) is 47.0 Å². The molecule has 0 aromatic carbocycles. The smallest absolute Gasteiger partial charge is 0.266 e. The molecular formula is C18H21N3O4S. The molecule has 3 aromatic heterocycles. The van der Waals surface area contributed by atoms with Gasteiger partial charge in [0.05, 0.1) is 23.5 Å². The van der Waals surface area contributed by atoms with Crippen LogP contribution in [0.1, 0.15) is 15.2 Å². The van der Waals surface area contributed by atoms with Crippen molar-refractivity contribution in [2.45, 2.75) is 6.92 Å². The van der Waals surface area contributed by atoms with Crippen molar-refractivity contribution >= 4 is 33.1 Å². The van der Waals surface area contributed by atoms with Crippen LogP contribution in [0.2, 0.25) is 0 Å². The van der Waals surface area contributed by atoms with Crippen LogP contribution in [0, 0.1) is 6.92 Å². The Kier molecular flexibility index (Phi) is 5.65. The van der Waals surface area contributed by atoms with E-state index in [1.807, 2.05) is 19.1 Å². The fourth-order valence-electron chi connectivity index (χ4n) is 2.74. The van der Waals surface area contributed by atoms with Gasteiger partial charge in [0, 0.05) is 33.5 Å². The minimum Gasteiger partial charge on any atom is -0.383 e. The number of methoxy groups -OCH3 is 2. The molecule has 0 atom stereocenters. The Morgan fingerprint density at radius 1 is 1.27 bits per heavy atom. The number of ether oxygens (including phenoxy) is 2. The van der Waals surface area contributed by atoms with Gasteiger partial charge >= 0.3 is 0 Å². The molecule has 0 N–H and O–H groups in total. The van der Waals surface area contributed by atoms with E-state index in [1.165, 1.54) is 15.7 Å². The number of amides is 1. The van der Waals surface area contributed by atoms with Gasteiger partial charge < -0.3 is 14.4 Å². The topological polar surface area (TPSA) is 73.1 Å². The van der Waals surface area contributed by atoms with Crippen LogP contribution in [0.15, 0.2) is 29.2 Å². The monoisotopic (exact) mass is 375 g/mol. The molecule has 0 saturated carbocycles. The number of carbonyl (C=O) groups is 1. The number of nitrogens with zero attached hydrogens (tertiary/aromatic N) is 3. The van der Waals surface area contributed by atoms with Gasteiger partial charge in [-0.25, -0.2) is 4.98 Å². The summed E-state index contributed by atoms with van der Waals surface area (Å²) in [7, 11) is 3.19. The highest BCUT2D eigenvalue weighted by Gasteiger charge is 2.20. The summed E-state index contributed by atoms with van der Waals surface area (Å²) in [6.45, 7) is 3.69. The van der Waals surface area contributed by atoms with E-state index in [9.17, 15) is 9.59 Å². The maximum Gasteiger partial charge on any atom is 0.266 e. The first-order chi connectivity index (χ1) is 12.6. The highest BCUT2D eigenvalue weighted by Crippen LogP contribution is 2.24. The molecule has 0 spiro atoms. The van der Waals surface area contributed by atoms with Crippen LogP contribution in [0.4, 0.5) is 0 Å². The van der Waals surface area contributed by atoms with Crippen LogP contribution in [0.5, 0.6) is 0 Å². The van der Waals surface area contributed by atoms with Crippen LogP contribution >= 0.6 is 11.3 Å². The molecule has 0 aliphatic rings. The molecule has 0 aliphatic carbocycles. The molecule has 0 bridgehead atoms. The van der Waals surface area contributed by atoms with Gasteiger partial charge in [-0.05, 0) is 24.6 Å². The van der Waals surface area contributed by atoms with Crippen molar-refractivity contribution in [3.63, 3.8) is 0 Å². The van der Waals surface area contributed by atoms with E-state index in [4.69, 9.17) is 9.47 Å². The van der Waals surface area contributed by atoms with Gasteiger partial charge in [-0.15, -0.1) is 11.3 Å². The predicted molar refractivity (Wildman–Crippen MR) is 101 cm³/mol. The number of pyridine rings is 1. The van der Waals surface area contributed by atoms with Crippen LogP contribution in [0.25, 0.3) is 15.9 Å². The lowest BCUT2D eigenvalue weighted by Gasteiger charge is -2.21. The fourth-order valence-corrected chi connectivity index (χ4v) is 3.73. The Labute approximate surface area is 154 Å². The molecule has 0 saturated heterocycles. The zero-order chi connectivity index (χ0) is 18.7. The minimum atomic E-state index is -0.163. The van der Waals surface area contributed by atoms with Gasteiger partial charge in [0.15, 0.2) is 0 Å². The van der Waals surface area contributed by atoms with E-state index >= 15 is 0 Å². The van der Waals surface area contributed by atoms with Crippen molar-refractivity contribution in [3.05, 3.63) is 45.2 Å². The normalized spacial score (nSPS) is 11.3. The molecule has 26 heavy (non-hydrogen) atoms. The summed E-state index contributed by atoms with van der Waals surface area (Å²) in [5, 5.41) is 0.458. The lowest BCUT2D eigenvalue weighted by Crippen LogP contribution is -2.36. The highest BCUT2D eigenvalue weighted by molar-refractivity contribution is 7.20. The summed E-state index contributed by atoms with van der Waals surface area (Å²) in [5.74, 6) is -0.146. The Balaban J connectivity index is 2.03. The highest BCUT2D eigenvalue weighted by atomic mass is 32.1. The molecule has 0 radical (unpaired) electrons. The quantitative estimate of drug-likeness (QED) is 0.631. The van der Waals surface area contributed by atoms with Crippen LogP contribution in [0.3, 0.4) is 0 Å². The lowest BCUT2D eigenvalue weighted by atomic mass is 10.3. The third-order valence-electron chi connectivity index (χ3n) is 4.16. The Bertz CT molecular complexity index is 987. The number of aryl methyl sites for hydroxylation is 1. The third kappa shape index (κ3) is 3.48. The largest absolute Gasteiger partial charge is 0.383 e. The van der Waals surface area contributed by atoms with Gasteiger partial charge in [-0.2, -0.15) is 0 Å². The molecule has 7 nitrogen and oxygen atoms in total. The summed E-state index contributed by atoms with van der Waals surface area (Å²) in [6.07, 6.45) is 1.69. The standard InChI is InChI=1S/C18H21N3O4S/c1-12-5-4-6-21-15(12)19-16-13(17(21)22)11-14(26-16)18(23)20(7-9-24-2)8-10-25-3/h4-6,11H,7-10H2,1-3H3. The second-order valence-electron chi connectivity index (χ2n) is 5.91. The second kappa shape index (κ2) is 7.94. The fraction of sp³-hybridized carbons (Fsp3) is 0.389. The molecule has 3 aromatic rings. The van der Waals surface area contributed by atoms with Crippen LogP contribution in [-0.4, -0.2) is 60.7 Å². The van der Waals surface area contributed by atoms with Crippen molar-refractivity contribution in [1.29, 1.82) is 0 Å². The van der Waals surface area contributed by atoms with Gasteiger partial charge in [0.2, 0.25) is 0 Å². The van der Waals surface area contributed by atoms with Crippen molar-refractivity contribution in [3.8, 4) is 0 Å². The molecule has 0 fully saturated rings. The molecular weight excluding hydrogens is 354 g/mol. The van der Waals surface area contributed by atoms with Gasteiger partial charge in [0.25, 0.3) is 11.5 Å². The average Bonchev–Trinajstić information content (AvgIpc) is 3.07. The maximum absolute atomic E-state index is 12.9. The van der Waals surface area contributed by atoms with Crippen molar-refractivity contribution in [2.75, 3.05) is 40.5 Å². The number of rotatable bonds is 7. The van der Waals surface area contributed by atoms with Crippen molar-refractivity contribution in [1.82, 2.24) is 14.3 Å². The molecule has 0 unspecified atom stereocenters. The number of carbonyl (C=O) groups excluding carboxylic acids is 1. The first-order valence-corrected chi connectivity index (χ1v) is 9.07. The van der Waals surface area contributed by atoms with E-state index in [1.54, 1.807) is 31.4 Å². The molecule has 1 amide bonds. The number of hydrogen-bond acceptors (Lipinski definition) is 6. The van der Waals surface area contributed by atoms with Gasteiger partial charge in [-0.3, -0.25) is 14.0 Å². The predicted octanol–water partition coefficient (Wildman–Crippen LogP) is 1.95. The number of aromatic nitrogens is 2. The van der Waals surface area contributed by atoms with Gasteiger partial charge in [-0.1, -0.05) is 6.07 Å². The van der Waals surface area contributed by atoms with E-state index in [2.05, 4.69) is 4.98 Å². The van der Waals surface area contributed by atoms with E-state index in [0.717, 1.165) is 5.56 Å². The first-order valence-electron chi connectivity index (χ1n) is 8.25. The van der Waals surface area contributed by atoms with Crippen molar-refractivity contribution in [2.24, 2.45) is 0 Å². The number of thiophene rings is 1. The SMILES string of the molecule is COCCN(CCOC)C(=O)c1cc2c(=O)n3cccc(C)c3nc2s1.